The first-order valence-corrected chi connectivity index (χ1v) is 10.0. The Morgan fingerprint density at radius 1 is 1.00 bits per heavy atom. The fourth-order valence-electron chi connectivity index (χ4n) is 2.75. The lowest BCUT2D eigenvalue weighted by Crippen LogP contribution is -2.19. The lowest BCUT2D eigenvalue weighted by molar-refractivity contribution is 0.278. The van der Waals surface area contributed by atoms with Gasteiger partial charge in [-0.1, -0.05) is 49.6 Å². The van der Waals surface area contributed by atoms with Gasteiger partial charge in [0.05, 0.1) is 0 Å². The zero-order valence-corrected chi connectivity index (χ0v) is 16.2. The molecule has 0 N–H and O–H groups in total. The molecule has 2 aromatic carbocycles. The Kier molecular flexibility index (Phi) is 6.62. The van der Waals surface area contributed by atoms with Gasteiger partial charge in [0.1, 0.15) is 10.6 Å². The molecule has 0 spiro atoms. The van der Waals surface area contributed by atoms with Crippen LogP contribution in [0.3, 0.4) is 0 Å². The summed E-state index contributed by atoms with van der Waals surface area (Å²) in [5.41, 5.74) is 2.17. The summed E-state index contributed by atoms with van der Waals surface area (Å²) in [6.45, 7) is 4.09. The molecule has 136 valence electrons. The van der Waals surface area contributed by atoms with Crippen molar-refractivity contribution in [1.82, 2.24) is 4.90 Å². The average molecular weight is 362 g/mol. The second-order valence-corrected chi connectivity index (χ2v) is 8.09. The molecule has 5 heteroatoms. The highest BCUT2D eigenvalue weighted by Gasteiger charge is 2.17. The number of unbranched alkanes of at least 4 members (excludes halogenated alkanes) is 1. The minimum absolute atomic E-state index is 0.163. The van der Waals surface area contributed by atoms with Crippen molar-refractivity contribution in [2.75, 3.05) is 14.1 Å². The van der Waals surface area contributed by atoms with Crippen LogP contribution in [0, 0.1) is 6.92 Å². The standard InChI is InChI=1S/C20H27NO3S/c1-5-6-7-20(21(3)4)17-10-12-18(13-11-17)24-25(22,23)19-14-8-16(2)9-15-19/h8-15,20H,5-7H2,1-4H3/t20-/m0/s1. The monoisotopic (exact) mass is 361 g/mol. The second kappa shape index (κ2) is 8.50. The summed E-state index contributed by atoms with van der Waals surface area (Å²) in [5, 5.41) is 0. The van der Waals surface area contributed by atoms with Crippen LogP contribution in [0.2, 0.25) is 0 Å². The smallest absolute Gasteiger partial charge is 0.339 e. The molecular weight excluding hydrogens is 334 g/mol. The quantitative estimate of drug-likeness (QED) is 0.647. The van der Waals surface area contributed by atoms with E-state index in [1.54, 1.807) is 36.4 Å². The second-order valence-electron chi connectivity index (χ2n) is 6.54. The van der Waals surface area contributed by atoms with Crippen molar-refractivity contribution < 1.29 is 12.6 Å². The van der Waals surface area contributed by atoms with E-state index in [2.05, 4.69) is 25.9 Å². The minimum atomic E-state index is -3.80. The summed E-state index contributed by atoms with van der Waals surface area (Å²) >= 11 is 0. The Morgan fingerprint density at radius 2 is 1.60 bits per heavy atom. The van der Waals surface area contributed by atoms with Gasteiger partial charge >= 0.3 is 10.1 Å². The number of hydrogen-bond acceptors (Lipinski definition) is 4. The van der Waals surface area contributed by atoms with Crippen LogP contribution < -0.4 is 4.18 Å². The molecule has 0 saturated heterocycles. The van der Waals surface area contributed by atoms with E-state index in [-0.39, 0.29) is 4.90 Å². The van der Waals surface area contributed by atoms with E-state index in [1.807, 2.05) is 19.1 Å². The van der Waals surface area contributed by atoms with E-state index >= 15 is 0 Å². The average Bonchev–Trinajstić information content (AvgIpc) is 2.56. The Morgan fingerprint density at radius 3 is 2.12 bits per heavy atom. The molecule has 25 heavy (non-hydrogen) atoms. The minimum Gasteiger partial charge on any atom is -0.379 e. The maximum absolute atomic E-state index is 12.4. The lowest BCUT2D eigenvalue weighted by atomic mass is 10.0. The van der Waals surface area contributed by atoms with Gasteiger partial charge in [-0.25, -0.2) is 0 Å². The first kappa shape index (κ1) is 19.5. The van der Waals surface area contributed by atoms with Crippen LogP contribution in [-0.4, -0.2) is 27.4 Å². The highest BCUT2D eigenvalue weighted by atomic mass is 32.2. The molecular formula is C20H27NO3S. The molecule has 0 aromatic heterocycles. The van der Waals surface area contributed by atoms with Crippen LogP contribution in [0.4, 0.5) is 0 Å². The van der Waals surface area contributed by atoms with Gasteiger partial charge in [0, 0.05) is 6.04 Å². The molecule has 0 unspecified atom stereocenters. The topological polar surface area (TPSA) is 46.6 Å². The zero-order valence-electron chi connectivity index (χ0n) is 15.4. The zero-order chi connectivity index (χ0) is 18.4. The number of nitrogens with zero attached hydrogens (tertiary/aromatic N) is 1. The normalized spacial score (nSPS) is 13.0. The summed E-state index contributed by atoms with van der Waals surface area (Å²) in [5.74, 6) is 0.331. The first-order chi connectivity index (χ1) is 11.8. The lowest BCUT2D eigenvalue weighted by Gasteiger charge is -2.24. The number of hydrogen-bond donors (Lipinski definition) is 0. The van der Waals surface area contributed by atoms with Gasteiger partial charge in [0.15, 0.2) is 0 Å². The summed E-state index contributed by atoms with van der Waals surface area (Å²) in [7, 11) is 0.320. The van der Waals surface area contributed by atoms with Crippen LogP contribution in [0.1, 0.15) is 43.4 Å². The van der Waals surface area contributed by atoms with Gasteiger partial charge in [0.2, 0.25) is 0 Å². The highest BCUT2D eigenvalue weighted by molar-refractivity contribution is 7.87. The van der Waals surface area contributed by atoms with Crippen molar-refractivity contribution in [2.45, 2.75) is 44.0 Å². The fourth-order valence-corrected chi connectivity index (χ4v) is 3.68. The molecule has 2 rings (SSSR count). The number of aryl methyl sites for hydroxylation is 1. The Labute approximate surface area is 151 Å². The van der Waals surface area contributed by atoms with Crippen molar-refractivity contribution in [1.29, 1.82) is 0 Å². The molecule has 0 aliphatic carbocycles. The van der Waals surface area contributed by atoms with E-state index in [0.717, 1.165) is 24.8 Å². The molecule has 0 radical (unpaired) electrons. The molecule has 2 aromatic rings. The van der Waals surface area contributed by atoms with Crippen LogP contribution in [-0.2, 0) is 10.1 Å². The third-order valence-corrected chi connectivity index (χ3v) is 5.50. The van der Waals surface area contributed by atoms with E-state index in [4.69, 9.17) is 4.18 Å². The molecule has 0 bridgehead atoms. The maximum Gasteiger partial charge on any atom is 0.339 e. The maximum atomic E-state index is 12.4. The third kappa shape index (κ3) is 5.31. The summed E-state index contributed by atoms with van der Waals surface area (Å²) < 4.78 is 30.0. The highest BCUT2D eigenvalue weighted by Crippen LogP contribution is 2.27. The summed E-state index contributed by atoms with van der Waals surface area (Å²) in [6.07, 6.45) is 3.38. The van der Waals surface area contributed by atoms with Crippen molar-refractivity contribution in [3.05, 3.63) is 59.7 Å². The van der Waals surface area contributed by atoms with Gasteiger partial charge in [-0.15, -0.1) is 0 Å². The van der Waals surface area contributed by atoms with Crippen LogP contribution in [0.15, 0.2) is 53.4 Å². The molecule has 4 nitrogen and oxygen atoms in total. The van der Waals surface area contributed by atoms with Gasteiger partial charge in [0.25, 0.3) is 0 Å². The summed E-state index contributed by atoms with van der Waals surface area (Å²) in [4.78, 5) is 2.35. The Hall–Kier alpha value is -1.85. The third-order valence-electron chi connectivity index (χ3n) is 4.23. The molecule has 0 aliphatic heterocycles. The van der Waals surface area contributed by atoms with Crippen molar-refractivity contribution >= 4 is 10.1 Å². The van der Waals surface area contributed by atoms with E-state index in [1.165, 1.54) is 5.56 Å². The predicted octanol–water partition coefficient (Wildman–Crippen LogP) is 4.56. The molecule has 0 amide bonds. The number of benzene rings is 2. The van der Waals surface area contributed by atoms with E-state index in [0.29, 0.717) is 11.8 Å². The largest absolute Gasteiger partial charge is 0.379 e. The Balaban J connectivity index is 2.15. The van der Waals surface area contributed by atoms with E-state index < -0.39 is 10.1 Å². The molecule has 0 heterocycles. The van der Waals surface area contributed by atoms with Gasteiger partial charge in [-0.2, -0.15) is 8.42 Å². The Bertz CT molecular complexity index is 766. The molecule has 0 fully saturated rings. The van der Waals surface area contributed by atoms with Crippen LogP contribution in [0.5, 0.6) is 5.75 Å². The molecule has 1 atom stereocenters. The van der Waals surface area contributed by atoms with Gasteiger partial charge < -0.3 is 9.08 Å². The van der Waals surface area contributed by atoms with Crippen molar-refractivity contribution in [3.63, 3.8) is 0 Å². The summed E-state index contributed by atoms with van der Waals surface area (Å²) in [6, 6.07) is 14.3. The van der Waals surface area contributed by atoms with Crippen LogP contribution in [0.25, 0.3) is 0 Å². The first-order valence-electron chi connectivity index (χ1n) is 8.61. The van der Waals surface area contributed by atoms with Crippen molar-refractivity contribution in [2.24, 2.45) is 0 Å². The van der Waals surface area contributed by atoms with E-state index in [9.17, 15) is 8.42 Å². The van der Waals surface area contributed by atoms with Gasteiger partial charge in [-0.3, -0.25) is 0 Å². The SMILES string of the molecule is CCCC[C@@H](c1ccc(OS(=O)(=O)c2ccc(C)cc2)cc1)N(C)C. The molecule has 0 aliphatic rings. The number of rotatable bonds is 8. The van der Waals surface area contributed by atoms with Crippen LogP contribution >= 0.6 is 0 Å². The van der Waals surface area contributed by atoms with Crippen molar-refractivity contribution in [3.8, 4) is 5.75 Å². The molecule has 0 saturated carbocycles. The van der Waals surface area contributed by atoms with Gasteiger partial charge in [-0.05, 0) is 57.3 Å². The fraction of sp³-hybridized carbons (Fsp3) is 0.400. The predicted molar refractivity (Wildman–Crippen MR) is 101 cm³/mol.